The summed E-state index contributed by atoms with van der Waals surface area (Å²) in [7, 11) is 0. The van der Waals surface area contributed by atoms with E-state index in [4.69, 9.17) is 4.74 Å². The summed E-state index contributed by atoms with van der Waals surface area (Å²) >= 11 is 0. The zero-order chi connectivity index (χ0) is 22.2. The van der Waals surface area contributed by atoms with Gasteiger partial charge in [-0.1, -0.05) is 72.8 Å². The quantitative estimate of drug-likeness (QED) is 0.397. The number of carbonyl (C=O) groups is 1. The minimum atomic E-state index is -0.223. The molecule has 0 saturated carbocycles. The maximum Gasteiger partial charge on any atom is 0.338 e. The van der Waals surface area contributed by atoms with Gasteiger partial charge in [-0.05, 0) is 80.6 Å². The van der Waals surface area contributed by atoms with Crippen LogP contribution in [-0.4, -0.2) is 37.1 Å². The molecule has 0 atom stereocenters. The van der Waals surface area contributed by atoms with Crippen LogP contribution in [0.25, 0.3) is 0 Å². The molecule has 1 heterocycles. The fourth-order valence-corrected chi connectivity index (χ4v) is 4.83. The van der Waals surface area contributed by atoms with Gasteiger partial charge in [0.15, 0.2) is 0 Å². The van der Waals surface area contributed by atoms with Gasteiger partial charge in [-0.3, -0.25) is 0 Å². The lowest BCUT2D eigenvalue weighted by atomic mass is 9.86. The SMILES string of the molecule is CCOC(=O)c1cccc(C2CCN(CCC(c3ccccc3)c3ccccc3)CC2)c1. The number of rotatable bonds is 8. The molecule has 0 spiro atoms. The molecular formula is C29H33NO2. The first-order chi connectivity index (χ1) is 15.7. The van der Waals surface area contributed by atoms with E-state index >= 15 is 0 Å². The smallest absolute Gasteiger partial charge is 0.338 e. The van der Waals surface area contributed by atoms with Gasteiger partial charge < -0.3 is 9.64 Å². The number of hydrogen-bond donors (Lipinski definition) is 0. The van der Waals surface area contributed by atoms with Crippen molar-refractivity contribution < 1.29 is 9.53 Å². The Kier molecular flexibility index (Phi) is 7.73. The Morgan fingerprint density at radius 3 is 2.12 bits per heavy atom. The molecular weight excluding hydrogens is 394 g/mol. The number of esters is 1. The third kappa shape index (κ3) is 5.66. The molecule has 0 bridgehead atoms. The molecule has 0 radical (unpaired) electrons. The topological polar surface area (TPSA) is 29.5 Å². The number of nitrogens with zero attached hydrogens (tertiary/aromatic N) is 1. The van der Waals surface area contributed by atoms with Gasteiger partial charge in [-0.2, -0.15) is 0 Å². The molecule has 32 heavy (non-hydrogen) atoms. The number of benzene rings is 3. The lowest BCUT2D eigenvalue weighted by Gasteiger charge is -2.33. The second kappa shape index (κ2) is 11.1. The fraction of sp³-hybridized carbons (Fsp3) is 0.345. The van der Waals surface area contributed by atoms with E-state index in [-0.39, 0.29) is 5.97 Å². The van der Waals surface area contributed by atoms with Gasteiger partial charge in [0, 0.05) is 5.92 Å². The van der Waals surface area contributed by atoms with Crippen LogP contribution in [0.5, 0.6) is 0 Å². The van der Waals surface area contributed by atoms with Crippen molar-refractivity contribution in [3.63, 3.8) is 0 Å². The van der Waals surface area contributed by atoms with E-state index in [2.05, 4.69) is 71.6 Å². The van der Waals surface area contributed by atoms with Crippen LogP contribution < -0.4 is 0 Å². The highest BCUT2D eigenvalue weighted by atomic mass is 16.5. The highest BCUT2D eigenvalue weighted by Crippen LogP contribution is 2.31. The molecule has 3 nitrogen and oxygen atoms in total. The second-order valence-electron chi connectivity index (χ2n) is 8.62. The van der Waals surface area contributed by atoms with Crippen molar-refractivity contribution in [3.05, 3.63) is 107 Å². The van der Waals surface area contributed by atoms with Gasteiger partial charge in [0.05, 0.1) is 12.2 Å². The van der Waals surface area contributed by atoms with Gasteiger partial charge >= 0.3 is 5.97 Å². The first-order valence-electron chi connectivity index (χ1n) is 11.8. The van der Waals surface area contributed by atoms with Crippen LogP contribution in [0.4, 0.5) is 0 Å². The average molecular weight is 428 g/mol. The molecule has 0 N–H and O–H groups in total. The molecule has 4 rings (SSSR count). The Balaban J connectivity index is 1.35. The molecule has 0 amide bonds. The molecule has 1 aliphatic heterocycles. The van der Waals surface area contributed by atoms with Gasteiger partial charge in [-0.25, -0.2) is 4.79 Å². The van der Waals surface area contributed by atoms with E-state index in [1.54, 1.807) is 0 Å². The number of hydrogen-bond acceptors (Lipinski definition) is 3. The molecule has 1 fully saturated rings. The summed E-state index contributed by atoms with van der Waals surface area (Å²) in [6, 6.07) is 29.8. The number of carbonyl (C=O) groups excluding carboxylic acids is 1. The first kappa shape index (κ1) is 22.3. The summed E-state index contributed by atoms with van der Waals surface area (Å²) in [5, 5.41) is 0. The van der Waals surface area contributed by atoms with E-state index in [0.717, 1.165) is 38.9 Å². The minimum absolute atomic E-state index is 0.223. The Morgan fingerprint density at radius 1 is 0.906 bits per heavy atom. The van der Waals surface area contributed by atoms with Crippen molar-refractivity contribution in [2.24, 2.45) is 0 Å². The van der Waals surface area contributed by atoms with Crippen LogP contribution in [0.3, 0.4) is 0 Å². The predicted molar refractivity (Wildman–Crippen MR) is 130 cm³/mol. The molecule has 3 aromatic rings. The number of piperidine rings is 1. The number of ether oxygens (including phenoxy) is 1. The van der Waals surface area contributed by atoms with Crippen LogP contribution in [0, 0.1) is 0 Å². The van der Waals surface area contributed by atoms with Crippen LogP contribution in [-0.2, 0) is 4.74 Å². The Hall–Kier alpha value is -2.91. The van der Waals surface area contributed by atoms with E-state index in [1.165, 1.54) is 16.7 Å². The third-order valence-electron chi connectivity index (χ3n) is 6.59. The normalized spacial score (nSPS) is 15.1. The molecule has 0 aliphatic carbocycles. The standard InChI is InChI=1S/C29H33NO2/c1-2-32-29(31)27-15-9-14-26(22-27)23-16-19-30(20-17-23)21-18-28(24-10-5-3-6-11-24)25-12-7-4-8-13-25/h3-15,22-23,28H,2,16-21H2,1H3. The van der Waals surface area contributed by atoms with Crippen molar-refractivity contribution in [1.82, 2.24) is 4.90 Å². The second-order valence-corrected chi connectivity index (χ2v) is 8.62. The van der Waals surface area contributed by atoms with Crippen LogP contribution in [0.1, 0.15) is 65.1 Å². The van der Waals surface area contributed by atoms with E-state index in [0.29, 0.717) is 24.0 Å². The van der Waals surface area contributed by atoms with Crippen LogP contribution >= 0.6 is 0 Å². The highest BCUT2D eigenvalue weighted by Gasteiger charge is 2.23. The lowest BCUT2D eigenvalue weighted by Crippen LogP contribution is -2.34. The third-order valence-corrected chi connectivity index (χ3v) is 6.59. The minimum Gasteiger partial charge on any atom is -0.462 e. The molecule has 1 saturated heterocycles. The maximum absolute atomic E-state index is 12.1. The molecule has 0 aromatic heterocycles. The van der Waals surface area contributed by atoms with Crippen molar-refractivity contribution in [1.29, 1.82) is 0 Å². The fourth-order valence-electron chi connectivity index (χ4n) is 4.83. The number of likely N-dealkylation sites (tertiary alicyclic amines) is 1. The zero-order valence-corrected chi connectivity index (χ0v) is 19.0. The van der Waals surface area contributed by atoms with E-state index in [1.807, 2.05) is 25.1 Å². The summed E-state index contributed by atoms with van der Waals surface area (Å²) < 4.78 is 5.17. The maximum atomic E-state index is 12.1. The highest BCUT2D eigenvalue weighted by molar-refractivity contribution is 5.89. The summed E-state index contributed by atoms with van der Waals surface area (Å²) in [5.74, 6) is 0.718. The Morgan fingerprint density at radius 2 is 1.53 bits per heavy atom. The van der Waals surface area contributed by atoms with Crippen molar-refractivity contribution in [3.8, 4) is 0 Å². The van der Waals surface area contributed by atoms with Crippen molar-refractivity contribution in [2.75, 3.05) is 26.2 Å². The van der Waals surface area contributed by atoms with Gasteiger partial charge in [0.25, 0.3) is 0 Å². The average Bonchev–Trinajstić information content (AvgIpc) is 2.86. The van der Waals surface area contributed by atoms with Crippen LogP contribution in [0.2, 0.25) is 0 Å². The van der Waals surface area contributed by atoms with Crippen molar-refractivity contribution in [2.45, 2.75) is 38.0 Å². The molecule has 3 aromatic carbocycles. The van der Waals surface area contributed by atoms with E-state index < -0.39 is 0 Å². The van der Waals surface area contributed by atoms with Crippen LogP contribution in [0.15, 0.2) is 84.9 Å². The summed E-state index contributed by atoms with van der Waals surface area (Å²) in [6.07, 6.45) is 3.39. The molecule has 1 aliphatic rings. The summed E-state index contributed by atoms with van der Waals surface area (Å²) in [4.78, 5) is 14.7. The monoisotopic (exact) mass is 427 g/mol. The Labute approximate surface area is 192 Å². The van der Waals surface area contributed by atoms with Gasteiger partial charge in [0.1, 0.15) is 0 Å². The molecule has 166 valence electrons. The first-order valence-corrected chi connectivity index (χ1v) is 11.8. The summed E-state index contributed by atoms with van der Waals surface area (Å²) in [5.41, 5.74) is 4.72. The molecule has 0 unspecified atom stereocenters. The van der Waals surface area contributed by atoms with Gasteiger partial charge in [0.2, 0.25) is 0 Å². The lowest BCUT2D eigenvalue weighted by molar-refractivity contribution is 0.0526. The Bertz CT molecular complexity index is 939. The molecule has 3 heteroatoms. The zero-order valence-electron chi connectivity index (χ0n) is 19.0. The largest absolute Gasteiger partial charge is 0.462 e. The summed E-state index contributed by atoms with van der Waals surface area (Å²) in [6.45, 7) is 5.56. The predicted octanol–water partition coefficient (Wildman–Crippen LogP) is 6.26. The van der Waals surface area contributed by atoms with E-state index in [9.17, 15) is 4.79 Å². The van der Waals surface area contributed by atoms with Crippen molar-refractivity contribution >= 4 is 5.97 Å². The van der Waals surface area contributed by atoms with Gasteiger partial charge in [-0.15, -0.1) is 0 Å².